The minimum Gasteiger partial charge on any atom is -0.495 e. The highest BCUT2D eigenvalue weighted by Gasteiger charge is 2.50. The lowest BCUT2D eigenvalue weighted by atomic mass is 10.0. The van der Waals surface area contributed by atoms with Gasteiger partial charge in [0.15, 0.2) is 15.0 Å². The Labute approximate surface area is 158 Å². The summed E-state index contributed by atoms with van der Waals surface area (Å²) in [5, 5.41) is 0.467. The first kappa shape index (κ1) is 19.2. The van der Waals surface area contributed by atoms with E-state index in [0.717, 1.165) is 18.5 Å². The summed E-state index contributed by atoms with van der Waals surface area (Å²) in [6.07, 6.45) is 1.49. The first-order chi connectivity index (χ1) is 12.4. The lowest BCUT2D eigenvalue weighted by Crippen LogP contribution is -2.38. The number of benzene rings is 1. The van der Waals surface area contributed by atoms with Gasteiger partial charge in [0.1, 0.15) is 5.75 Å². The van der Waals surface area contributed by atoms with Crippen molar-refractivity contribution < 1.29 is 17.9 Å². The van der Waals surface area contributed by atoms with Crippen LogP contribution in [-0.2, 0) is 14.6 Å². The standard InChI is InChI=1S/C18H24N2O4S2/c1-4-12(5-2)17(21)19-18-20(13-8-6-7-9-15(13)24-3)14-10-26(22,23)11-16(14)25-18/h6-9,12,14,16H,4-5,10-11H2,1-3H3/t14-,16-/m1/s1. The fourth-order valence-electron chi connectivity index (χ4n) is 3.50. The van der Waals surface area contributed by atoms with Gasteiger partial charge in [0.2, 0.25) is 0 Å². The Morgan fingerprint density at radius 3 is 2.65 bits per heavy atom. The molecule has 1 amide bonds. The number of sulfone groups is 1. The fraction of sp³-hybridized carbons (Fsp3) is 0.556. The van der Waals surface area contributed by atoms with Crippen LogP contribution in [0, 0.1) is 5.92 Å². The van der Waals surface area contributed by atoms with Gasteiger partial charge < -0.3 is 9.64 Å². The monoisotopic (exact) mass is 396 g/mol. The van der Waals surface area contributed by atoms with Crippen molar-refractivity contribution in [2.45, 2.75) is 38.0 Å². The van der Waals surface area contributed by atoms with E-state index in [1.807, 2.05) is 43.0 Å². The van der Waals surface area contributed by atoms with Gasteiger partial charge >= 0.3 is 0 Å². The van der Waals surface area contributed by atoms with Crippen molar-refractivity contribution in [2.24, 2.45) is 10.9 Å². The number of methoxy groups -OCH3 is 1. The summed E-state index contributed by atoms with van der Waals surface area (Å²) in [7, 11) is -1.51. The molecule has 0 N–H and O–H groups in total. The second kappa shape index (κ2) is 7.60. The van der Waals surface area contributed by atoms with Crippen LogP contribution in [0.5, 0.6) is 5.75 Å². The van der Waals surface area contributed by atoms with Crippen molar-refractivity contribution in [3.05, 3.63) is 24.3 Å². The molecule has 2 atom stereocenters. The first-order valence-corrected chi connectivity index (χ1v) is 11.5. The molecule has 2 saturated heterocycles. The minimum atomic E-state index is -3.09. The topological polar surface area (TPSA) is 76.0 Å². The summed E-state index contributed by atoms with van der Waals surface area (Å²) in [4.78, 5) is 18.8. The number of hydrogen-bond donors (Lipinski definition) is 0. The van der Waals surface area contributed by atoms with Crippen molar-refractivity contribution in [2.75, 3.05) is 23.5 Å². The number of hydrogen-bond acceptors (Lipinski definition) is 5. The third-order valence-corrected chi connectivity index (χ3v) is 8.16. The van der Waals surface area contributed by atoms with Crippen LogP contribution in [0.25, 0.3) is 0 Å². The third kappa shape index (κ3) is 3.62. The predicted molar refractivity (Wildman–Crippen MR) is 106 cm³/mol. The van der Waals surface area contributed by atoms with Gasteiger partial charge in [-0.2, -0.15) is 4.99 Å². The Kier molecular flexibility index (Phi) is 5.62. The number of anilines is 1. The molecular weight excluding hydrogens is 372 g/mol. The van der Waals surface area contributed by atoms with E-state index in [0.29, 0.717) is 10.9 Å². The molecule has 0 aliphatic carbocycles. The van der Waals surface area contributed by atoms with E-state index in [1.165, 1.54) is 11.8 Å². The maximum atomic E-state index is 12.6. The second-order valence-corrected chi connectivity index (χ2v) is 9.95. The number of thioether (sulfide) groups is 1. The van der Waals surface area contributed by atoms with Crippen LogP contribution in [0.2, 0.25) is 0 Å². The largest absolute Gasteiger partial charge is 0.495 e. The van der Waals surface area contributed by atoms with Crippen molar-refractivity contribution >= 4 is 38.4 Å². The van der Waals surface area contributed by atoms with E-state index in [1.54, 1.807) is 7.11 Å². The number of amides is 1. The molecule has 8 heteroatoms. The average molecular weight is 397 g/mol. The van der Waals surface area contributed by atoms with E-state index < -0.39 is 9.84 Å². The van der Waals surface area contributed by atoms with Gasteiger partial charge in [-0.25, -0.2) is 8.42 Å². The summed E-state index contributed by atoms with van der Waals surface area (Å²) in [5.74, 6) is 0.584. The lowest BCUT2D eigenvalue weighted by Gasteiger charge is -2.26. The molecule has 2 heterocycles. The van der Waals surface area contributed by atoms with Crippen molar-refractivity contribution in [1.29, 1.82) is 0 Å². The van der Waals surface area contributed by atoms with Crippen LogP contribution < -0.4 is 9.64 Å². The number of nitrogens with zero attached hydrogens (tertiary/aromatic N) is 2. The lowest BCUT2D eigenvalue weighted by molar-refractivity contribution is -0.121. The van der Waals surface area contributed by atoms with E-state index >= 15 is 0 Å². The van der Waals surface area contributed by atoms with Crippen molar-refractivity contribution in [3.63, 3.8) is 0 Å². The average Bonchev–Trinajstić information content (AvgIpc) is 3.06. The van der Waals surface area contributed by atoms with Gasteiger partial charge in [-0.3, -0.25) is 4.79 Å². The molecule has 0 aromatic heterocycles. The number of rotatable bonds is 5. The summed E-state index contributed by atoms with van der Waals surface area (Å²) in [5.41, 5.74) is 0.753. The van der Waals surface area contributed by atoms with E-state index in [9.17, 15) is 13.2 Å². The second-order valence-electron chi connectivity index (χ2n) is 6.59. The first-order valence-electron chi connectivity index (χ1n) is 8.82. The molecular formula is C18H24N2O4S2. The Hall–Kier alpha value is -1.54. The Balaban J connectivity index is 2.03. The highest BCUT2D eigenvalue weighted by Crippen LogP contribution is 2.43. The third-order valence-electron chi connectivity index (χ3n) is 4.95. The number of aliphatic imine (C=N–C) groups is 1. The van der Waals surface area contributed by atoms with Crippen LogP contribution in [0.4, 0.5) is 5.69 Å². The molecule has 26 heavy (non-hydrogen) atoms. The van der Waals surface area contributed by atoms with Gasteiger partial charge in [-0.1, -0.05) is 37.7 Å². The molecule has 2 aliphatic heterocycles. The van der Waals surface area contributed by atoms with Gasteiger partial charge in [0, 0.05) is 11.2 Å². The smallest absolute Gasteiger partial charge is 0.251 e. The zero-order chi connectivity index (χ0) is 18.9. The molecule has 1 aromatic rings. The molecule has 0 bridgehead atoms. The summed E-state index contributed by atoms with van der Waals surface area (Å²) in [6.45, 7) is 3.96. The molecule has 0 unspecified atom stereocenters. The number of carbonyl (C=O) groups excluding carboxylic acids is 1. The van der Waals surface area contributed by atoms with Gasteiger partial charge in [0.05, 0.1) is 30.3 Å². The SMILES string of the molecule is CCC(CC)C(=O)N=C1S[C@@H]2CS(=O)(=O)C[C@H]2N1c1ccccc1OC. The Bertz CT molecular complexity index is 818. The van der Waals surface area contributed by atoms with Crippen molar-refractivity contribution in [3.8, 4) is 5.75 Å². The molecule has 0 saturated carbocycles. The Morgan fingerprint density at radius 2 is 2.00 bits per heavy atom. The Morgan fingerprint density at radius 1 is 1.31 bits per heavy atom. The van der Waals surface area contributed by atoms with Crippen LogP contribution in [0.3, 0.4) is 0 Å². The van der Waals surface area contributed by atoms with Crippen LogP contribution in [0.1, 0.15) is 26.7 Å². The normalized spacial score (nSPS) is 25.7. The number of fused-ring (bicyclic) bond motifs is 1. The molecule has 6 nitrogen and oxygen atoms in total. The molecule has 0 spiro atoms. The highest BCUT2D eigenvalue weighted by molar-refractivity contribution is 8.16. The van der Waals surface area contributed by atoms with Crippen molar-refractivity contribution in [1.82, 2.24) is 0 Å². The number of carbonyl (C=O) groups is 1. The predicted octanol–water partition coefficient (Wildman–Crippen LogP) is 2.73. The maximum Gasteiger partial charge on any atom is 0.251 e. The quantitative estimate of drug-likeness (QED) is 0.762. The molecule has 3 rings (SSSR count). The minimum absolute atomic E-state index is 0.0703. The zero-order valence-electron chi connectivity index (χ0n) is 15.2. The molecule has 142 valence electrons. The van der Waals surface area contributed by atoms with E-state index in [-0.39, 0.29) is 34.6 Å². The van der Waals surface area contributed by atoms with Gasteiger partial charge in [-0.05, 0) is 25.0 Å². The van der Waals surface area contributed by atoms with Crippen LogP contribution in [0.15, 0.2) is 29.3 Å². The van der Waals surface area contributed by atoms with Crippen LogP contribution in [-0.4, -0.2) is 49.4 Å². The molecule has 0 radical (unpaired) electrons. The number of amidine groups is 1. The van der Waals surface area contributed by atoms with E-state index in [4.69, 9.17) is 4.74 Å². The highest BCUT2D eigenvalue weighted by atomic mass is 32.2. The maximum absolute atomic E-state index is 12.6. The summed E-state index contributed by atoms with van der Waals surface area (Å²) in [6, 6.07) is 7.22. The molecule has 2 aliphatic rings. The fourth-order valence-corrected chi connectivity index (χ4v) is 7.41. The molecule has 2 fully saturated rings. The summed E-state index contributed by atoms with van der Waals surface area (Å²) < 4.78 is 29.7. The van der Waals surface area contributed by atoms with Crippen LogP contribution >= 0.6 is 11.8 Å². The summed E-state index contributed by atoms with van der Waals surface area (Å²) >= 11 is 1.39. The van der Waals surface area contributed by atoms with E-state index in [2.05, 4.69) is 4.99 Å². The number of para-hydroxylation sites is 2. The number of ether oxygens (including phenoxy) is 1. The zero-order valence-corrected chi connectivity index (χ0v) is 16.8. The van der Waals surface area contributed by atoms with Gasteiger partial charge in [0.25, 0.3) is 5.91 Å². The van der Waals surface area contributed by atoms with Gasteiger partial charge in [-0.15, -0.1) is 0 Å². The molecule has 1 aromatic carbocycles.